The molecule has 0 saturated carbocycles. The second-order valence-electron chi connectivity index (χ2n) is 3.51. The lowest BCUT2D eigenvalue weighted by Gasteiger charge is -1.94. The van der Waals surface area contributed by atoms with Gasteiger partial charge in [0.1, 0.15) is 12.4 Å². The molecule has 2 aromatic heterocycles. The summed E-state index contributed by atoms with van der Waals surface area (Å²) in [7, 11) is 0. The van der Waals surface area contributed by atoms with Gasteiger partial charge in [-0.25, -0.2) is 0 Å². The molecule has 3 aromatic rings. The summed E-state index contributed by atoms with van der Waals surface area (Å²) < 4.78 is 1.76. The number of benzene rings is 1. The van der Waals surface area contributed by atoms with Crippen molar-refractivity contribution in [2.45, 2.75) is 0 Å². The third-order valence-corrected chi connectivity index (χ3v) is 2.43. The number of nitrogens with zero attached hydrogens (tertiary/aromatic N) is 3. The summed E-state index contributed by atoms with van der Waals surface area (Å²) in [5.41, 5.74) is 2.83. The smallest absolute Gasteiger partial charge is 0.102 e. The standard InChI is InChI=1S/C13H10N3/c1-2-6-11(7-3-1)12-10-14-16-9-5-4-8-13(16)15-12/h1-10H/q+1. The molecule has 0 bridgehead atoms. The van der Waals surface area contributed by atoms with E-state index in [1.807, 2.05) is 54.7 Å². The van der Waals surface area contributed by atoms with Gasteiger partial charge in [0.2, 0.25) is 5.69 Å². The highest BCUT2D eigenvalue weighted by molar-refractivity contribution is 5.58. The van der Waals surface area contributed by atoms with E-state index in [-0.39, 0.29) is 0 Å². The van der Waals surface area contributed by atoms with Crippen LogP contribution in [0.5, 0.6) is 0 Å². The first-order valence-corrected chi connectivity index (χ1v) is 5.13. The Kier molecular flexibility index (Phi) is 2.07. The van der Waals surface area contributed by atoms with Crippen molar-refractivity contribution in [1.82, 2.24) is 10.1 Å². The van der Waals surface area contributed by atoms with Crippen LogP contribution in [0.15, 0.2) is 60.9 Å². The molecule has 0 atom stereocenters. The summed E-state index contributed by atoms with van der Waals surface area (Å²) >= 11 is 0. The Morgan fingerprint density at radius 2 is 1.69 bits per heavy atom. The van der Waals surface area contributed by atoms with E-state index >= 15 is 0 Å². The van der Waals surface area contributed by atoms with Crippen molar-refractivity contribution in [2.24, 2.45) is 0 Å². The van der Waals surface area contributed by atoms with Crippen LogP contribution in [0.4, 0.5) is 0 Å². The lowest BCUT2D eigenvalue weighted by Crippen LogP contribution is -2.26. The van der Waals surface area contributed by atoms with Crippen molar-refractivity contribution in [2.75, 3.05) is 0 Å². The van der Waals surface area contributed by atoms with E-state index in [9.17, 15) is 0 Å². The largest absolute Gasteiger partial charge is 0.348 e. The van der Waals surface area contributed by atoms with E-state index in [1.165, 1.54) is 0 Å². The van der Waals surface area contributed by atoms with E-state index in [0.29, 0.717) is 0 Å². The van der Waals surface area contributed by atoms with Gasteiger partial charge in [0, 0.05) is 11.6 Å². The van der Waals surface area contributed by atoms with Gasteiger partial charge in [0.05, 0.1) is 0 Å². The van der Waals surface area contributed by atoms with E-state index in [2.05, 4.69) is 10.1 Å². The highest BCUT2D eigenvalue weighted by Crippen LogP contribution is 2.14. The number of hydrogen-bond donors (Lipinski definition) is 0. The van der Waals surface area contributed by atoms with E-state index in [1.54, 1.807) is 10.7 Å². The molecule has 0 fully saturated rings. The lowest BCUT2D eigenvalue weighted by atomic mass is 10.2. The summed E-state index contributed by atoms with van der Waals surface area (Å²) in [6.45, 7) is 0. The zero-order chi connectivity index (χ0) is 10.8. The summed E-state index contributed by atoms with van der Waals surface area (Å²) in [4.78, 5) is 4.55. The average Bonchev–Trinajstić information content (AvgIpc) is 2.39. The molecule has 0 unspecified atom stereocenters. The maximum absolute atomic E-state index is 4.55. The zero-order valence-corrected chi connectivity index (χ0v) is 8.62. The molecule has 16 heavy (non-hydrogen) atoms. The Labute approximate surface area is 93.0 Å². The van der Waals surface area contributed by atoms with Crippen LogP contribution in [0.25, 0.3) is 16.9 Å². The minimum Gasteiger partial charge on any atom is -0.102 e. The van der Waals surface area contributed by atoms with Gasteiger partial charge in [0.25, 0.3) is 0 Å². The molecule has 0 spiro atoms. The zero-order valence-electron chi connectivity index (χ0n) is 8.62. The topological polar surface area (TPSA) is 29.9 Å². The van der Waals surface area contributed by atoms with Crippen LogP contribution in [0, 0.1) is 0 Å². The summed E-state index contributed by atoms with van der Waals surface area (Å²) in [6.07, 6.45) is 3.67. The molecule has 0 saturated heterocycles. The van der Waals surface area contributed by atoms with Gasteiger partial charge < -0.3 is 0 Å². The molecule has 0 aliphatic carbocycles. The Hall–Kier alpha value is -2.29. The molecule has 0 aliphatic rings. The minimum atomic E-state index is 0.851. The highest BCUT2D eigenvalue weighted by atomic mass is 15.2. The van der Waals surface area contributed by atoms with E-state index in [0.717, 1.165) is 16.9 Å². The van der Waals surface area contributed by atoms with Crippen molar-refractivity contribution >= 4 is 5.65 Å². The predicted octanol–water partition coefficient (Wildman–Crippen LogP) is 1.88. The molecule has 0 N–H and O–H groups in total. The molecular formula is C13H10N3+. The molecule has 0 aliphatic heterocycles. The minimum absolute atomic E-state index is 0.851. The number of hydrogen-bond acceptors (Lipinski definition) is 2. The van der Waals surface area contributed by atoms with Gasteiger partial charge in [0.15, 0.2) is 0 Å². The Morgan fingerprint density at radius 3 is 2.56 bits per heavy atom. The van der Waals surface area contributed by atoms with Crippen LogP contribution in [-0.4, -0.2) is 10.1 Å². The second kappa shape index (κ2) is 3.70. The fourth-order valence-electron chi connectivity index (χ4n) is 1.63. The van der Waals surface area contributed by atoms with Gasteiger partial charge in [-0.3, -0.25) is 0 Å². The average molecular weight is 208 g/mol. The maximum Gasteiger partial charge on any atom is 0.348 e. The van der Waals surface area contributed by atoms with Crippen molar-refractivity contribution < 1.29 is 4.52 Å². The number of rotatable bonds is 1. The van der Waals surface area contributed by atoms with Gasteiger partial charge in [-0.15, -0.1) is 4.52 Å². The Bertz CT molecular complexity index is 620. The first-order valence-electron chi connectivity index (χ1n) is 5.13. The van der Waals surface area contributed by atoms with Crippen LogP contribution in [0.1, 0.15) is 0 Å². The molecule has 76 valence electrons. The molecule has 0 radical (unpaired) electrons. The fourth-order valence-corrected chi connectivity index (χ4v) is 1.63. The lowest BCUT2D eigenvalue weighted by molar-refractivity contribution is -0.583. The van der Waals surface area contributed by atoms with E-state index in [4.69, 9.17) is 0 Å². The van der Waals surface area contributed by atoms with Crippen LogP contribution in [-0.2, 0) is 0 Å². The molecule has 2 heterocycles. The summed E-state index contributed by atoms with van der Waals surface area (Å²) in [5, 5.41) is 4.31. The van der Waals surface area contributed by atoms with Crippen molar-refractivity contribution in [1.29, 1.82) is 0 Å². The molecule has 1 aromatic carbocycles. The van der Waals surface area contributed by atoms with Crippen molar-refractivity contribution in [3.63, 3.8) is 0 Å². The predicted molar refractivity (Wildman–Crippen MR) is 60.6 cm³/mol. The molecule has 3 rings (SSSR count). The Balaban J connectivity index is 2.19. The van der Waals surface area contributed by atoms with Gasteiger partial charge in [-0.2, -0.15) is 0 Å². The van der Waals surface area contributed by atoms with Gasteiger partial charge in [-0.1, -0.05) is 41.5 Å². The number of fused-ring (bicyclic) bond motifs is 1. The fraction of sp³-hybridized carbons (Fsp3) is 0. The van der Waals surface area contributed by atoms with Crippen molar-refractivity contribution in [3.8, 4) is 11.3 Å². The SMILES string of the molecule is c1ccc(-c2cn[n+]3ccccc3n2)cc1. The maximum atomic E-state index is 4.55. The molecule has 0 amide bonds. The third-order valence-electron chi connectivity index (χ3n) is 2.43. The Morgan fingerprint density at radius 1 is 0.875 bits per heavy atom. The first kappa shape index (κ1) is 8.97. The summed E-state index contributed by atoms with van der Waals surface area (Å²) in [6, 6.07) is 15.9. The molecule has 3 heteroatoms. The van der Waals surface area contributed by atoms with Gasteiger partial charge >= 0.3 is 5.65 Å². The number of pyridine rings is 1. The second-order valence-corrected chi connectivity index (χ2v) is 3.51. The molecular weight excluding hydrogens is 198 g/mol. The number of aromatic nitrogens is 3. The van der Waals surface area contributed by atoms with Crippen LogP contribution in [0.3, 0.4) is 0 Å². The molecule has 3 nitrogen and oxygen atoms in total. The van der Waals surface area contributed by atoms with Crippen LogP contribution < -0.4 is 4.52 Å². The monoisotopic (exact) mass is 208 g/mol. The van der Waals surface area contributed by atoms with Crippen LogP contribution >= 0.6 is 0 Å². The normalized spacial score (nSPS) is 10.5. The first-order chi connectivity index (χ1) is 7.93. The van der Waals surface area contributed by atoms with Gasteiger partial charge in [-0.05, 0) is 11.1 Å². The summed E-state index contributed by atoms with van der Waals surface area (Å²) in [5.74, 6) is 0. The third kappa shape index (κ3) is 1.52. The van der Waals surface area contributed by atoms with Crippen molar-refractivity contribution in [3.05, 3.63) is 60.9 Å². The highest BCUT2D eigenvalue weighted by Gasteiger charge is 2.09. The van der Waals surface area contributed by atoms with Crippen LogP contribution in [0.2, 0.25) is 0 Å². The van der Waals surface area contributed by atoms with E-state index < -0.39 is 0 Å². The quantitative estimate of drug-likeness (QED) is 0.571.